The number of nitrogens with two attached hydrogens (primary N) is 3. The Morgan fingerprint density at radius 1 is 0.404 bits per heavy atom. The fraction of sp³-hybridized carbons (Fsp3) is 0.548. The zero-order valence-electron chi connectivity index (χ0n) is 67.7. The van der Waals surface area contributed by atoms with Gasteiger partial charge in [0.25, 0.3) is 0 Å². The van der Waals surface area contributed by atoms with Gasteiger partial charge in [-0.05, 0) is 211 Å². The first-order valence-electron chi connectivity index (χ1n) is 42.6. The summed E-state index contributed by atoms with van der Waals surface area (Å²) in [7, 11) is 0. The maximum atomic E-state index is 14.1. The molecule has 7 aliphatic rings. The Morgan fingerprint density at radius 2 is 0.746 bits per heavy atom. The Hall–Kier alpha value is -6.42. The van der Waals surface area contributed by atoms with Gasteiger partial charge in [-0.25, -0.2) is 0 Å². The van der Waals surface area contributed by atoms with Gasteiger partial charge in [0.2, 0.25) is 17.7 Å². The number of ketones is 3. The SMILES string of the molecule is CC(C)C[C@H](C(=O)CCCc1ccc(Cl)c(Cl)c1)N1CCC(CCc2ccccc2)N2C[C@H](N)C[C@H]2C1=O.CC(C)C[C@H](C(=O)CCCc1ccccc1)N1CCC(CCc2ccccc2)N2C[C@H](N)C[C@H]2C1=O.N[C@@H]1C[C@H]2C(=O)N([C@H](CCC3CCNN3)C(=O)CCc3ccc(Cl)c(Cl)c3)CCC(CCc3ccccc3)N2C1. The zero-order valence-corrected chi connectivity index (χ0v) is 70.7. The third kappa shape index (κ3) is 25.1. The van der Waals surface area contributed by atoms with E-state index in [0.717, 1.165) is 134 Å². The standard InChI is InChI=1S/C31H41Cl2N5O2.C31H41Cl2N3O2.C31H43N3O2/c32-26-11-7-22(18-27(26)33)8-13-30(39)28(12-9-24-14-16-35-36-24)37-17-15-25(10-6-21-4-2-1-3-5-21)38-20-23(34)19-29(38)31(37)40;1-21(2)17-28(30(37)10-6-9-23-12-14-26(32)27(33)18-23)35-16-15-25(13-11-22-7-4-3-5-8-22)36-20-24(34)19-29(36)31(35)38;1-23(2)20-28(30(35)15-9-14-24-10-5-3-6-11-24)33-19-18-27(17-16-25-12-7-4-8-13-25)34-22-26(32)21-29(34)31(33)36/h1-5,7,11,18,23-25,28-29,35-36H,6,8-10,12-17,19-20,34H2;3-5,7-8,12,14,18,21,24-25,28-29H,6,9-11,13,15-17,19-20,34H2,1-2H3;3-8,10-13,23,26-29H,9,14-22,32H2,1-2H3/t23-,24?,25?,28-,29+;24-,25?,28-,29+;26-,27?,28-,29+/m111/s1. The molecular weight excluding hydrogens is 1510 g/mol. The highest BCUT2D eigenvalue weighted by atomic mass is 35.5. The maximum Gasteiger partial charge on any atom is 0.240 e. The lowest BCUT2D eigenvalue weighted by atomic mass is 9.94. The van der Waals surface area contributed by atoms with Crippen LogP contribution in [0.25, 0.3) is 0 Å². The Morgan fingerprint density at radius 3 is 1.10 bits per heavy atom. The predicted molar refractivity (Wildman–Crippen MR) is 462 cm³/mol. The van der Waals surface area contributed by atoms with Gasteiger partial charge in [-0.3, -0.25) is 54.3 Å². The molecule has 8 N–H and O–H groups in total. The molecule has 0 spiro atoms. The number of aryl methyl sites for hydroxylation is 6. The quantitative estimate of drug-likeness (QED) is 0.0259. The highest BCUT2D eigenvalue weighted by Crippen LogP contribution is 2.36. The number of hydrogen-bond acceptors (Lipinski definition) is 14. The molecule has 17 nitrogen and oxygen atoms in total. The van der Waals surface area contributed by atoms with E-state index in [1.54, 1.807) is 12.1 Å². The summed E-state index contributed by atoms with van der Waals surface area (Å²) in [5.74, 6) is 1.41. The molecule has 0 aliphatic carbocycles. The van der Waals surface area contributed by atoms with Gasteiger partial charge >= 0.3 is 0 Å². The van der Waals surface area contributed by atoms with E-state index in [1.807, 2.05) is 75.4 Å². The van der Waals surface area contributed by atoms with E-state index in [4.69, 9.17) is 63.6 Å². The first-order chi connectivity index (χ1) is 55.0. The van der Waals surface area contributed by atoms with Crippen LogP contribution in [0.4, 0.5) is 0 Å². The van der Waals surface area contributed by atoms with Crippen molar-refractivity contribution in [2.45, 2.75) is 267 Å². The lowest BCUT2D eigenvalue weighted by Gasteiger charge is -2.33. The number of Topliss-reactive ketones (excluding diaryl/α,β-unsaturated/α-hetero) is 3. The van der Waals surface area contributed by atoms with Crippen LogP contribution in [-0.2, 0) is 67.3 Å². The van der Waals surface area contributed by atoms with Crippen LogP contribution in [0.1, 0.15) is 183 Å². The minimum absolute atomic E-state index is 0.00595. The van der Waals surface area contributed by atoms with Gasteiger partial charge in [0, 0.05) is 107 Å². The Labute approximate surface area is 698 Å². The molecule has 3 amide bonds. The number of nitrogens with one attached hydrogen (secondary N) is 2. The number of fused-ring (bicyclic) bond motifs is 3. The van der Waals surface area contributed by atoms with E-state index in [1.165, 1.54) is 22.3 Å². The van der Waals surface area contributed by atoms with Gasteiger partial charge in [-0.15, -0.1) is 0 Å². The number of hydrogen-bond donors (Lipinski definition) is 5. The second-order valence-electron chi connectivity index (χ2n) is 34.1. The molecule has 13 atom stereocenters. The molecule has 13 rings (SSSR count). The second kappa shape index (κ2) is 43.9. The lowest BCUT2D eigenvalue weighted by Crippen LogP contribution is -2.51. The molecule has 21 heteroatoms. The van der Waals surface area contributed by atoms with Gasteiger partial charge in [0.05, 0.1) is 56.3 Å². The minimum Gasteiger partial charge on any atom is -0.331 e. The van der Waals surface area contributed by atoms with Crippen molar-refractivity contribution in [1.82, 2.24) is 40.3 Å². The number of hydrazine groups is 1. The summed E-state index contributed by atoms with van der Waals surface area (Å²) < 4.78 is 0. The average molecular weight is 1630 g/mol. The zero-order chi connectivity index (χ0) is 80.8. The molecule has 7 saturated heterocycles. The molecular formula is C93H125Cl4N11O6. The lowest BCUT2D eigenvalue weighted by molar-refractivity contribution is -0.142. The van der Waals surface area contributed by atoms with Crippen molar-refractivity contribution < 1.29 is 28.8 Å². The fourth-order valence-corrected chi connectivity index (χ4v) is 19.4. The van der Waals surface area contributed by atoms with Gasteiger partial charge in [0.15, 0.2) is 17.3 Å². The van der Waals surface area contributed by atoms with E-state index in [-0.39, 0.29) is 95.5 Å². The van der Waals surface area contributed by atoms with Crippen LogP contribution in [0.2, 0.25) is 20.1 Å². The normalized spacial score (nSPS) is 24.2. The number of amides is 3. The van der Waals surface area contributed by atoms with Crippen LogP contribution in [0.15, 0.2) is 158 Å². The van der Waals surface area contributed by atoms with E-state index in [2.05, 4.69) is 138 Å². The molecule has 7 heterocycles. The van der Waals surface area contributed by atoms with E-state index >= 15 is 0 Å². The first kappa shape index (κ1) is 88.4. The summed E-state index contributed by atoms with van der Waals surface area (Å²) in [4.78, 5) is 95.8. The Bertz CT molecular complexity index is 4050. The summed E-state index contributed by atoms with van der Waals surface area (Å²) in [5, 5.41) is 2.06. The summed E-state index contributed by atoms with van der Waals surface area (Å²) >= 11 is 24.5. The number of carbonyl (C=O) groups excluding carboxylic acids is 6. The molecule has 6 aromatic carbocycles. The van der Waals surface area contributed by atoms with Crippen molar-refractivity contribution in [2.75, 3.05) is 45.8 Å². The van der Waals surface area contributed by atoms with Crippen molar-refractivity contribution in [1.29, 1.82) is 0 Å². The highest BCUT2D eigenvalue weighted by molar-refractivity contribution is 6.42. The minimum atomic E-state index is -0.441. The average Bonchev–Trinajstić information content (AvgIpc) is 1.65. The molecule has 4 unspecified atom stereocenters. The van der Waals surface area contributed by atoms with Gasteiger partial charge < -0.3 is 31.9 Å². The summed E-state index contributed by atoms with van der Waals surface area (Å²) in [5.41, 5.74) is 32.9. The van der Waals surface area contributed by atoms with Crippen molar-refractivity contribution in [2.24, 2.45) is 29.0 Å². The van der Waals surface area contributed by atoms with Crippen molar-refractivity contribution >= 4 is 81.5 Å². The molecule has 6 aromatic rings. The number of rotatable bonds is 33. The van der Waals surface area contributed by atoms with Crippen LogP contribution in [0.3, 0.4) is 0 Å². The predicted octanol–water partition coefficient (Wildman–Crippen LogP) is 14.7. The molecule has 7 fully saturated rings. The van der Waals surface area contributed by atoms with E-state index < -0.39 is 6.04 Å². The van der Waals surface area contributed by atoms with Crippen molar-refractivity contribution in [3.05, 3.63) is 211 Å². The monoisotopic (exact) mass is 1630 g/mol. The smallest absolute Gasteiger partial charge is 0.240 e. The van der Waals surface area contributed by atoms with Crippen molar-refractivity contribution in [3.63, 3.8) is 0 Å². The largest absolute Gasteiger partial charge is 0.331 e. The van der Waals surface area contributed by atoms with Crippen LogP contribution in [0.5, 0.6) is 0 Å². The number of nitrogens with zero attached hydrogens (tertiary/aromatic N) is 6. The van der Waals surface area contributed by atoms with Crippen LogP contribution in [0, 0.1) is 11.8 Å². The van der Waals surface area contributed by atoms with Crippen LogP contribution in [-0.4, -0.2) is 189 Å². The maximum absolute atomic E-state index is 14.1. The van der Waals surface area contributed by atoms with E-state index in [0.29, 0.717) is 128 Å². The van der Waals surface area contributed by atoms with E-state index in [9.17, 15) is 28.8 Å². The van der Waals surface area contributed by atoms with Crippen LogP contribution >= 0.6 is 46.4 Å². The topological polar surface area (TPSA) is 224 Å². The highest BCUT2D eigenvalue weighted by Gasteiger charge is 2.49. The summed E-state index contributed by atoms with van der Waals surface area (Å²) in [6.07, 6.45) is 19.5. The van der Waals surface area contributed by atoms with Gasteiger partial charge in [-0.2, -0.15) is 0 Å². The molecule has 0 saturated carbocycles. The molecule has 0 radical (unpaired) electrons. The number of halogens is 4. The molecule has 616 valence electrons. The Kier molecular flexibility index (Phi) is 34.0. The summed E-state index contributed by atoms with van der Waals surface area (Å²) in [6.45, 7) is 13.6. The molecule has 7 aliphatic heterocycles. The van der Waals surface area contributed by atoms with Crippen molar-refractivity contribution in [3.8, 4) is 0 Å². The Balaban J connectivity index is 0.000000169. The van der Waals surface area contributed by atoms with Gasteiger partial charge in [0.1, 0.15) is 0 Å². The van der Waals surface area contributed by atoms with Crippen LogP contribution < -0.4 is 28.1 Å². The summed E-state index contributed by atoms with van der Waals surface area (Å²) in [6, 6.07) is 52.4. The second-order valence-corrected chi connectivity index (χ2v) is 35.8. The first-order valence-corrected chi connectivity index (χ1v) is 44.1. The number of carbonyl (C=O) groups is 6. The number of benzene rings is 6. The fourth-order valence-electron chi connectivity index (χ4n) is 18.8. The van der Waals surface area contributed by atoms with Gasteiger partial charge in [-0.1, -0.05) is 208 Å². The third-order valence-corrected chi connectivity index (χ3v) is 26.2. The molecule has 0 aromatic heterocycles. The molecule has 114 heavy (non-hydrogen) atoms. The third-order valence-electron chi connectivity index (χ3n) is 24.8. The molecule has 0 bridgehead atoms.